The van der Waals surface area contributed by atoms with Gasteiger partial charge in [0.2, 0.25) is 0 Å². The normalized spacial score (nSPS) is 11.4. The quantitative estimate of drug-likeness (QED) is 0.165. The summed E-state index contributed by atoms with van der Waals surface area (Å²) in [6.45, 7) is 1.87. The Bertz CT molecular complexity index is 1780. The van der Waals surface area contributed by atoms with E-state index in [0.717, 1.165) is 26.4 Å². The highest BCUT2D eigenvalue weighted by atomic mass is 32.2. The van der Waals surface area contributed by atoms with Gasteiger partial charge in [0.1, 0.15) is 18.9 Å². The van der Waals surface area contributed by atoms with Crippen LogP contribution in [0, 0.1) is 6.92 Å². The lowest BCUT2D eigenvalue weighted by molar-refractivity contribution is -0.119. The molecular weight excluding hydrogens is 534 g/mol. The van der Waals surface area contributed by atoms with Gasteiger partial charge in [-0.05, 0) is 82.9 Å². The minimum absolute atomic E-state index is 0.0977. The van der Waals surface area contributed by atoms with Crippen molar-refractivity contribution in [1.82, 2.24) is 5.43 Å². The van der Waals surface area contributed by atoms with Crippen LogP contribution in [0.15, 0.2) is 131 Å². The first-order valence-corrected chi connectivity index (χ1v) is 14.5. The predicted octanol–water partition coefficient (Wildman–Crippen LogP) is 6.07. The molecule has 0 aliphatic carbocycles. The summed E-state index contributed by atoms with van der Waals surface area (Å²) in [4.78, 5) is 12.9. The van der Waals surface area contributed by atoms with Crippen molar-refractivity contribution < 1.29 is 17.9 Å². The molecule has 0 unspecified atom stereocenters. The molecule has 0 saturated carbocycles. The zero-order valence-electron chi connectivity index (χ0n) is 22.5. The summed E-state index contributed by atoms with van der Waals surface area (Å²) in [5, 5.41) is 6.36. The minimum Gasteiger partial charge on any atom is -0.489 e. The SMILES string of the molecule is Cc1cccc(N(CC(=O)N/N=C\c2ccc(OCc3cccc4ccccc34)cc2)S(=O)(=O)c2ccccc2)c1. The number of aryl methyl sites for hydroxylation is 1. The molecule has 0 saturated heterocycles. The van der Waals surface area contributed by atoms with E-state index in [4.69, 9.17) is 4.74 Å². The zero-order valence-corrected chi connectivity index (χ0v) is 23.3. The van der Waals surface area contributed by atoms with Gasteiger partial charge < -0.3 is 4.74 Å². The van der Waals surface area contributed by atoms with Crippen LogP contribution in [0.3, 0.4) is 0 Å². The number of carbonyl (C=O) groups excluding carboxylic acids is 1. The molecule has 0 aromatic heterocycles. The van der Waals surface area contributed by atoms with Crippen LogP contribution in [0.4, 0.5) is 5.69 Å². The number of sulfonamides is 1. The third-order valence-corrected chi connectivity index (χ3v) is 8.25. The highest BCUT2D eigenvalue weighted by Gasteiger charge is 2.27. The molecule has 0 bridgehead atoms. The third-order valence-electron chi connectivity index (χ3n) is 6.47. The fourth-order valence-corrected chi connectivity index (χ4v) is 5.83. The second kappa shape index (κ2) is 12.5. The fraction of sp³-hybridized carbons (Fsp3) is 0.0909. The maximum absolute atomic E-state index is 13.4. The monoisotopic (exact) mass is 563 g/mol. The van der Waals surface area contributed by atoms with Crippen LogP contribution >= 0.6 is 0 Å². The summed E-state index contributed by atoms with van der Waals surface area (Å²) in [7, 11) is -3.98. The average molecular weight is 564 g/mol. The molecule has 0 heterocycles. The second-order valence-electron chi connectivity index (χ2n) is 9.45. The topological polar surface area (TPSA) is 88.1 Å². The van der Waals surface area contributed by atoms with Crippen LogP contribution in [0.5, 0.6) is 5.75 Å². The molecule has 0 aliphatic rings. The van der Waals surface area contributed by atoms with E-state index in [-0.39, 0.29) is 4.90 Å². The Labute approximate surface area is 239 Å². The van der Waals surface area contributed by atoms with Gasteiger partial charge in [-0.1, -0.05) is 72.8 Å². The van der Waals surface area contributed by atoms with Crippen molar-refractivity contribution >= 4 is 38.6 Å². The number of anilines is 1. The van der Waals surface area contributed by atoms with Crippen molar-refractivity contribution in [2.75, 3.05) is 10.8 Å². The van der Waals surface area contributed by atoms with Gasteiger partial charge in [0, 0.05) is 0 Å². The third kappa shape index (κ3) is 6.80. The number of rotatable bonds is 10. The molecule has 5 rings (SSSR count). The summed E-state index contributed by atoms with van der Waals surface area (Å²) in [5.41, 5.74) is 5.56. The molecule has 0 fully saturated rings. The number of fused-ring (bicyclic) bond motifs is 1. The first-order valence-electron chi connectivity index (χ1n) is 13.1. The number of nitrogens with zero attached hydrogens (tertiary/aromatic N) is 2. The molecule has 0 radical (unpaired) electrons. The van der Waals surface area contributed by atoms with Gasteiger partial charge in [0.05, 0.1) is 16.8 Å². The van der Waals surface area contributed by atoms with Crippen molar-refractivity contribution in [2.24, 2.45) is 5.10 Å². The van der Waals surface area contributed by atoms with Gasteiger partial charge in [0.15, 0.2) is 0 Å². The molecule has 41 heavy (non-hydrogen) atoms. The molecule has 1 N–H and O–H groups in total. The van der Waals surface area contributed by atoms with Crippen LogP contribution in [0.25, 0.3) is 10.8 Å². The van der Waals surface area contributed by atoms with Crippen LogP contribution in [0.2, 0.25) is 0 Å². The fourth-order valence-electron chi connectivity index (χ4n) is 4.39. The molecule has 1 amide bonds. The van der Waals surface area contributed by atoms with E-state index in [1.165, 1.54) is 23.7 Å². The second-order valence-corrected chi connectivity index (χ2v) is 11.3. The average Bonchev–Trinajstić information content (AvgIpc) is 3.00. The maximum atomic E-state index is 13.4. The maximum Gasteiger partial charge on any atom is 0.264 e. The number of amides is 1. The Kier molecular flexibility index (Phi) is 8.41. The number of hydrazone groups is 1. The molecule has 0 spiro atoms. The standard InChI is InChI=1S/C33H29N3O4S/c1-25-9-7-13-29(21-25)36(41(38,39)31-14-3-2-4-15-31)23-33(37)35-34-22-26-17-19-30(20-18-26)40-24-28-12-8-11-27-10-5-6-16-32(27)28/h2-22H,23-24H2,1H3,(H,35,37)/b34-22-. The van der Waals surface area contributed by atoms with Gasteiger partial charge in [-0.3, -0.25) is 9.10 Å². The highest BCUT2D eigenvalue weighted by molar-refractivity contribution is 7.92. The van der Waals surface area contributed by atoms with E-state index in [2.05, 4.69) is 34.8 Å². The van der Waals surface area contributed by atoms with Crippen LogP contribution < -0.4 is 14.5 Å². The summed E-state index contributed by atoms with van der Waals surface area (Å²) in [6, 6.07) is 36.7. The lowest BCUT2D eigenvalue weighted by atomic mass is 10.1. The van der Waals surface area contributed by atoms with Crippen molar-refractivity contribution in [3.63, 3.8) is 0 Å². The summed E-state index contributed by atoms with van der Waals surface area (Å²) >= 11 is 0. The van der Waals surface area contributed by atoms with Crippen molar-refractivity contribution in [3.05, 3.63) is 138 Å². The molecule has 206 valence electrons. The number of benzene rings is 5. The number of ether oxygens (including phenoxy) is 1. The van der Waals surface area contributed by atoms with E-state index in [1.54, 1.807) is 36.4 Å². The number of nitrogens with one attached hydrogen (secondary N) is 1. The Hall–Kier alpha value is -4.95. The largest absolute Gasteiger partial charge is 0.489 e. The lowest BCUT2D eigenvalue weighted by Crippen LogP contribution is -2.39. The number of carbonyl (C=O) groups is 1. The van der Waals surface area contributed by atoms with E-state index in [0.29, 0.717) is 18.0 Å². The molecule has 5 aromatic rings. The van der Waals surface area contributed by atoms with E-state index in [9.17, 15) is 13.2 Å². The van der Waals surface area contributed by atoms with Gasteiger partial charge in [-0.15, -0.1) is 0 Å². The molecule has 5 aromatic carbocycles. The van der Waals surface area contributed by atoms with E-state index in [1.807, 2.05) is 55.5 Å². The lowest BCUT2D eigenvalue weighted by Gasteiger charge is -2.24. The minimum atomic E-state index is -3.98. The molecule has 8 heteroatoms. The summed E-state index contributed by atoms with van der Waals surface area (Å²) in [5.74, 6) is 0.135. The first kappa shape index (κ1) is 27.6. The Morgan fingerprint density at radius 3 is 2.34 bits per heavy atom. The summed E-state index contributed by atoms with van der Waals surface area (Å²) in [6.07, 6.45) is 1.50. The van der Waals surface area contributed by atoms with Crippen molar-refractivity contribution in [2.45, 2.75) is 18.4 Å². The van der Waals surface area contributed by atoms with Gasteiger partial charge in [-0.2, -0.15) is 5.10 Å². The smallest absolute Gasteiger partial charge is 0.264 e. The van der Waals surface area contributed by atoms with E-state index < -0.39 is 22.5 Å². The van der Waals surface area contributed by atoms with Crippen LogP contribution in [0.1, 0.15) is 16.7 Å². The molecule has 0 aliphatic heterocycles. The Balaban J connectivity index is 1.22. The zero-order chi connectivity index (χ0) is 28.7. The highest BCUT2D eigenvalue weighted by Crippen LogP contribution is 2.24. The molecule has 0 atom stereocenters. The Morgan fingerprint density at radius 2 is 1.56 bits per heavy atom. The Morgan fingerprint density at radius 1 is 0.854 bits per heavy atom. The molecule has 7 nitrogen and oxygen atoms in total. The number of hydrogen-bond acceptors (Lipinski definition) is 5. The van der Waals surface area contributed by atoms with Crippen molar-refractivity contribution in [1.29, 1.82) is 0 Å². The summed E-state index contributed by atoms with van der Waals surface area (Å²) < 4.78 is 33.9. The van der Waals surface area contributed by atoms with Crippen LogP contribution in [-0.2, 0) is 21.4 Å². The first-order chi connectivity index (χ1) is 19.9. The van der Waals surface area contributed by atoms with E-state index >= 15 is 0 Å². The van der Waals surface area contributed by atoms with Gasteiger partial charge >= 0.3 is 0 Å². The van der Waals surface area contributed by atoms with Gasteiger partial charge in [0.25, 0.3) is 15.9 Å². The van der Waals surface area contributed by atoms with Crippen molar-refractivity contribution in [3.8, 4) is 5.75 Å². The van der Waals surface area contributed by atoms with Gasteiger partial charge in [-0.25, -0.2) is 13.8 Å². The predicted molar refractivity (Wildman–Crippen MR) is 163 cm³/mol. The molecular formula is C33H29N3O4S. The number of hydrogen-bond donors (Lipinski definition) is 1. The van der Waals surface area contributed by atoms with Crippen LogP contribution in [-0.4, -0.2) is 27.1 Å².